The second-order valence-electron chi connectivity index (χ2n) is 4.24. The molecule has 2 amide bonds. The summed E-state index contributed by atoms with van der Waals surface area (Å²) in [5.41, 5.74) is 0.596. The molecule has 0 bridgehead atoms. The number of rotatable bonds is 8. The number of carbonyl (C=O) groups is 2. The molecule has 0 unspecified atom stereocenters. The topological polar surface area (TPSA) is 85.9 Å². The summed E-state index contributed by atoms with van der Waals surface area (Å²) < 4.78 is 14.7. The van der Waals surface area contributed by atoms with Crippen LogP contribution in [0.5, 0.6) is 5.75 Å². The maximum absolute atomic E-state index is 11.6. The molecular weight excluding hydrogens is 288 g/mol. The van der Waals surface area contributed by atoms with Crippen molar-refractivity contribution in [2.24, 2.45) is 0 Å². The number of hydrogen-bond donors (Lipinski definition) is 2. The number of amides is 2. The van der Waals surface area contributed by atoms with Gasteiger partial charge in [0.15, 0.2) is 0 Å². The first-order valence-corrected chi connectivity index (χ1v) is 7.23. The lowest BCUT2D eigenvalue weighted by Crippen LogP contribution is -2.30. The van der Waals surface area contributed by atoms with Gasteiger partial charge in [-0.25, -0.2) is 9.59 Å². The smallest absolute Gasteiger partial charge is 0.434 e. The highest BCUT2D eigenvalue weighted by atomic mass is 16.7. The number of ether oxygens (including phenoxy) is 3. The van der Waals surface area contributed by atoms with Gasteiger partial charge in [0, 0.05) is 25.4 Å². The zero-order chi connectivity index (χ0) is 16.2. The Balaban J connectivity index is 2.31. The summed E-state index contributed by atoms with van der Waals surface area (Å²) in [4.78, 5) is 22.8. The van der Waals surface area contributed by atoms with E-state index in [4.69, 9.17) is 9.47 Å². The molecule has 0 atom stereocenters. The highest BCUT2D eigenvalue weighted by molar-refractivity contribution is 5.89. The molecule has 22 heavy (non-hydrogen) atoms. The van der Waals surface area contributed by atoms with E-state index in [1.807, 2.05) is 6.92 Å². The van der Waals surface area contributed by atoms with Crippen LogP contribution < -0.4 is 15.4 Å². The summed E-state index contributed by atoms with van der Waals surface area (Å²) in [6.45, 7) is 5.71. The standard InChI is InChI=1S/C15H22N2O5/c1-3-20-11-5-10-16-14(18)17-12-6-8-13(9-7-12)22-15(19)21-4-2/h6-9H,3-5,10-11H2,1-2H3,(H2,16,17,18). The summed E-state index contributed by atoms with van der Waals surface area (Å²) in [6.07, 6.45) is 0.00312. The van der Waals surface area contributed by atoms with E-state index in [2.05, 4.69) is 15.4 Å². The Morgan fingerprint density at radius 3 is 2.45 bits per heavy atom. The van der Waals surface area contributed by atoms with Crippen LogP contribution >= 0.6 is 0 Å². The van der Waals surface area contributed by atoms with Crippen LogP contribution in [-0.2, 0) is 9.47 Å². The lowest BCUT2D eigenvalue weighted by Gasteiger charge is -2.08. The first-order chi connectivity index (χ1) is 10.7. The largest absolute Gasteiger partial charge is 0.513 e. The van der Waals surface area contributed by atoms with Crippen LogP contribution in [0.25, 0.3) is 0 Å². The fraction of sp³-hybridized carbons (Fsp3) is 0.467. The summed E-state index contributed by atoms with van der Waals surface area (Å²) >= 11 is 0. The number of urea groups is 1. The molecule has 0 heterocycles. The van der Waals surface area contributed by atoms with Crippen LogP contribution in [0.4, 0.5) is 15.3 Å². The fourth-order valence-corrected chi connectivity index (χ4v) is 1.55. The number of hydrogen-bond acceptors (Lipinski definition) is 5. The number of anilines is 1. The van der Waals surface area contributed by atoms with Crippen LogP contribution in [0.15, 0.2) is 24.3 Å². The van der Waals surface area contributed by atoms with Crippen LogP contribution in [-0.4, -0.2) is 38.6 Å². The van der Waals surface area contributed by atoms with Gasteiger partial charge in [-0.3, -0.25) is 0 Å². The van der Waals surface area contributed by atoms with Crippen molar-refractivity contribution in [1.29, 1.82) is 0 Å². The predicted molar refractivity (Wildman–Crippen MR) is 82.2 cm³/mol. The monoisotopic (exact) mass is 310 g/mol. The van der Waals surface area contributed by atoms with Gasteiger partial charge in [0.2, 0.25) is 0 Å². The van der Waals surface area contributed by atoms with Gasteiger partial charge in [-0.15, -0.1) is 0 Å². The zero-order valence-electron chi connectivity index (χ0n) is 12.9. The van der Waals surface area contributed by atoms with Gasteiger partial charge in [-0.2, -0.15) is 0 Å². The van der Waals surface area contributed by atoms with E-state index in [-0.39, 0.29) is 12.6 Å². The minimum absolute atomic E-state index is 0.252. The maximum Gasteiger partial charge on any atom is 0.513 e. The Morgan fingerprint density at radius 1 is 1.09 bits per heavy atom. The highest BCUT2D eigenvalue weighted by Gasteiger charge is 2.05. The minimum Gasteiger partial charge on any atom is -0.434 e. The number of benzene rings is 1. The lowest BCUT2D eigenvalue weighted by atomic mass is 10.3. The zero-order valence-corrected chi connectivity index (χ0v) is 12.9. The van der Waals surface area contributed by atoms with Gasteiger partial charge < -0.3 is 24.8 Å². The molecule has 7 heteroatoms. The van der Waals surface area contributed by atoms with Crippen LogP contribution in [0, 0.1) is 0 Å². The summed E-state index contributed by atoms with van der Waals surface area (Å²) in [6, 6.07) is 6.11. The third-order valence-corrected chi connectivity index (χ3v) is 2.53. The molecule has 0 spiro atoms. The van der Waals surface area contributed by atoms with E-state index in [9.17, 15) is 9.59 Å². The third kappa shape index (κ3) is 7.49. The molecular formula is C15H22N2O5. The van der Waals surface area contributed by atoms with Crippen molar-refractivity contribution in [3.05, 3.63) is 24.3 Å². The molecule has 122 valence electrons. The van der Waals surface area contributed by atoms with E-state index < -0.39 is 6.16 Å². The maximum atomic E-state index is 11.6. The SMILES string of the molecule is CCOCCCNC(=O)Nc1ccc(OC(=O)OCC)cc1. The molecule has 0 saturated heterocycles. The second-order valence-corrected chi connectivity index (χ2v) is 4.24. The van der Waals surface area contributed by atoms with Gasteiger partial charge in [0.25, 0.3) is 0 Å². The molecule has 0 radical (unpaired) electrons. The summed E-state index contributed by atoms with van der Waals surface area (Å²) in [5, 5.41) is 5.39. The Bertz CT molecular complexity index is 462. The molecule has 2 N–H and O–H groups in total. The van der Waals surface area contributed by atoms with E-state index in [1.165, 1.54) is 0 Å². The molecule has 0 aromatic heterocycles. The van der Waals surface area contributed by atoms with Crippen LogP contribution in [0.1, 0.15) is 20.3 Å². The molecule has 7 nitrogen and oxygen atoms in total. The summed E-state index contributed by atoms with van der Waals surface area (Å²) in [5.74, 6) is 0.348. The molecule has 0 aliphatic rings. The first kappa shape index (κ1) is 17.8. The molecule has 0 aliphatic heterocycles. The Morgan fingerprint density at radius 2 is 1.82 bits per heavy atom. The van der Waals surface area contributed by atoms with Gasteiger partial charge >= 0.3 is 12.2 Å². The molecule has 0 saturated carbocycles. The normalized spacial score (nSPS) is 9.91. The Kier molecular flexibility index (Phi) is 8.44. The van der Waals surface area contributed by atoms with Crippen molar-refractivity contribution in [3.63, 3.8) is 0 Å². The van der Waals surface area contributed by atoms with E-state index in [0.29, 0.717) is 31.2 Å². The van der Waals surface area contributed by atoms with E-state index in [1.54, 1.807) is 31.2 Å². The van der Waals surface area contributed by atoms with Crippen molar-refractivity contribution in [2.75, 3.05) is 31.7 Å². The third-order valence-electron chi connectivity index (χ3n) is 2.53. The Hall–Kier alpha value is -2.28. The molecule has 1 rings (SSSR count). The van der Waals surface area contributed by atoms with Crippen molar-refractivity contribution in [1.82, 2.24) is 5.32 Å². The van der Waals surface area contributed by atoms with Crippen LogP contribution in [0.3, 0.4) is 0 Å². The van der Waals surface area contributed by atoms with E-state index >= 15 is 0 Å². The van der Waals surface area contributed by atoms with Crippen molar-refractivity contribution < 1.29 is 23.8 Å². The van der Waals surface area contributed by atoms with Gasteiger partial charge in [-0.1, -0.05) is 0 Å². The summed E-state index contributed by atoms with van der Waals surface area (Å²) in [7, 11) is 0. The molecule has 1 aromatic rings. The second kappa shape index (κ2) is 10.4. The molecule has 0 fully saturated rings. The van der Waals surface area contributed by atoms with Gasteiger partial charge in [-0.05, 0) is 44.5 Å². The van der Waals surface area contributed by atoms with Crippen molar-refractivity contribution in [2.45, 2.75) is 20.3 Å². The Labute approximate surface area is 129 Å². The first-order valence-electron chi connectivity index (χ1n) is 7.23. The number of nitrogens with one attached hydrogen (secondary N) is 2. The van der Waals surface area contributed by atoms with Crippen molar-refractivity contribution in [3.8, 4) is 5.75 Å². The fourth-order valence-electron chi connectivity index (χ4n) is 1.55. The highest BCUT2D eigenvalue weighted by Crippen LogP contribution is 2.16. The quantitative estimate of drug-likeness (QED) is 0.438. The van der Waals surface area contributed by atoms with E-state index in [0.717, 1.165) is 6.42 Å². The average Bonchev–Trinajstić information content (AvgIpc) is 2.49. The average molecular weight is 310 g/mol. The van der Waals surface area contributed by atoms with Crippen LogP contribution in [0.2, 0.25) is 0 Å². The lowest BCUT2D eigenvalue weighted by molar-refractivity contribution is 0.104. The molecule has 1 aromatic carbocycles. The minimum atomic E-state index is -0.754. The van der Waals surface area contributed by atoms with Gasteiger partial charge in [0.1, 0.15) is 5.75 Å². The van der Waals surface area contributed by atoms with Gasteiger partial charge in [0.05, 0.1) is 6.61 Å². The number of carbonyl (C=O) groups excluding carboxylic acids is 2. The predicted octanol–water partition coefficient (Wildman–Crippen LogP) is 2.77. The molecule has 0 aliphatic carbocycles. The van der Waals surface area contributed by atoms with Crippen molar-refractivity contribution >= 4 is 17.9 Å².